The molecule has 6 nitrogen and oxygen atoms in total. The van der Waals surface area contributed by atoms with Crippen molar-refractivity contribution in [3.05, 3.63) is 29.8 Å². The number of hydrogen-bond acceptors (Lipinski definition) is 7. The van der Waals surface area contributed by atoms with E-state index < -0.39 is 0 Å². The first-order valence-corrected chi connectivity index (χ1v) is 8.99. The molecular formula is C15H20N4O2S2. The summed E-state index contributed by atoms with van der Waals surface area (Å²) in [6.45, 7) is 4.56. The highest BCUT2D eigenvalue weighted by molar-refractivity contribution is 8.01. The molecule has 2 rings (SSSR count). The molecule has 0 radical (unpaired) electrons. The first-order valence-electron chi connectivity index (χ1n) is 7.19. The number of amides is 1. The van der Waals surface area contributed by atoms with E-state index in [9.17, 15) is 4.79 Å². The highest BCUT2D eigenvalue weighted by atomic mass is 32.2. The Bertz CT molecular complexity index is 646. The molecule has 0 spiro atoms. The molecule has 0 bridgehead atoms. The van der Waals surface area contributed by atoms with Crippen molar-refractivity contribution < 1.29 is 9.53 Å². The summed E-state index contributed by atoms with van der Waals surface area (Å²) in [6.07, 6.45) is 0. The van der Waals surface area contributed by atoms with E-state index in [-0.39, 0.29) is 5.91 Å². The lowest BCUT2D eigenvalue weighted by Gasteiger charge is -2.06. The maximum absolute atomic E-state index is 11.9. The van der Waals surface area contributed by atoms with Gasteiger partial charge in [0.1, 0.15) is 5.75 Å². The molecule has 0 aliphatic carbocycles. The number of thioether (sulfide) groups is 1. The number of benzene rings is 1. The average molecular weight is 352 g/mol. The number of methoxy groups -OCH3 is 1. The van der Waals surface area contributed by atoms with Crippen molar-refractivity contribution in [3.63, 3.8) is 0 Å². The van der Waals surface area contributed by atoms with E-state index >= 15 is 0 Å². The van der Waals surface area contributed by atoms with Crippen LogP contribution in [0.25, 0.3) is 0 Å². The standard InChI is InChI=1S/C15H20N4O2S2/c1-10(2)17-14-18-19-15(23-14)22-9-13(20)16-8-11-5-4-6-12(7-11)21-3/h4-7,10H,8-9H2,1-3H3,(H,16,20)(H,17,18). The maximum Gasteiger partial charge on any atom is 0.230 e. The van der Waals surface area contributed by atoms with E-state index in [4.69, 9.17) is 4.74 Å². The van der Waals surface area contributed by atoms with Gasteiger partial charge in [0.15, 0.2) is 4.34 Å². The second kappa shape index (κ2) is 8.73. The highest BCUT2D eigenvalue weighted by Crippen LogP contribution is 2.25. The Hall–Kier alpha value is -1.80. The number of carbonyl (C=O) groups excluding carboxylic acids is 1. The Morgan fingerprint density at radius 1 is 1.39 bits per heavy atom. The van der Waals surface area contributed by atoms with Crippen molar-refractivity contribution in [1.29, 1.82) is 0 Å². The Morgan fingerprint density at radius 2 is 2.22 bits per heavy atom. The minimum absolute atomic E-state index is 0.0358. The van der Waals surface area contributed by atoms with Gasteiger partial charge in [-0.1, -0.05) is 35.2 Å². The van der Waals surface area contributed by atoms with Crippen molar-refractivity contribution in [1.82, 2.24) is 15.5 Å². The van der Waals surface area contributed by atoms with E-state index in [0.717, 1.165) is 20.8 Å². The monoisotopic (exact) mass is 352 g/mol. The van der Waals surface area contributed by atoms with Crippen LogP contribution >= 0.6 is 23.1 Å². The summed E-state index contributed by atoms with van der Waals surface area (Å²) in [4.78, 5) is 11.9. The van der Waals surface area contributed by atoms with E-state index in [1.165, 1.54) is 23.1 Å². The number of carbonyl (C=O) groups is 1. The molecular weight excluding hydrogens is 332 g/mol. The van der Waals surface area contributed by atoms with Gasteiger partial charge in [-0.05, 0) is 31.5 Å². The van der Waals surface area contributed by atoms with E-state index in [2.05, 4.69) is 20.8 Å². The molecule has 0 unspecified atom stereocenters. The molecule has 124 valence electrons. The average Bonchev–Trinajstić information content (AvgIpc) is 2.98. The van der Waals surface area contributed by atoms with Crippen LogP contribution in [0.5, 0.6) is 5.75 Å². The molecule has 1 heterocycles. The van der Waals surface area contributed by atoms with Crippen molar-refractivity contribution in [2.24, 2.45) is 0 Å². The van der Waals surface area contributed by atoms with Crippen LogP contribution in [0.2, 0.25) is 0 Å². The first-order chi connectivity index (χ1) is 11.1. The first kappa shape index (κ1) is 17.6. The topological polar surface area (TPSA) is 76.1 Å². The van der Waals surface area contributed by atoms with Gasteiger partial charge in [0.25, 0.3) is 0 Å². The molecule has 0 fully saturated rings. The second-order valence-corrected chi connectivity index (χ2v) is 7.29. The van der Waals surface area contributed by atoms with Gasteiger partial charge < -0.3 is 15.4 Å². The van der Waals surface area contributed by atoms with Crippen LogP contribution in [-0.4, -0.2) is 35.0 Å². The van der Waals surface area contributed by atoms with Gasteiger partial charge in [0.05, 0.1) is 12.9 Å². The molecule has 0 saturated heterocycles. The van der Waals surface area contributed by atoms with E-state index in [1.54, 1.807) is 7.11 Å². The number of nitrogens with one attached hydrogen (secondary N) is 2. The number of ether oxygens (including phenoxy) is 1. The molecule has 1 aromatic carbocycles. The zero-order valence-electron chi connectivity index (χ0n) is 13.3. The van der Waals surface area contributed by atoms with Gasteiger partial charge in [-0.15, -0.1) is 10.2 Å². The van der Waals surface area contributed by atoms with Gasteiger partial charge in [0.2, 0.25) is 11.0 Å². The fourth-order valence-electron chi connectivity index (χ4n) is 1.73. The Labute approximate surface area is 144 Å². The third-order valence-corrected chi connectivity index (χ3v) is 4.76. The van der Waals surface area contributed by atoms with Crippen molar-refractivity contribution >= 4 is 34.1 Å². The minimum atomic E-state index is -0.0358. The number of aromatic nitrogens is 2. The SMILES string of the molecule is COc1cccc(CNC(=O)CSc2nnc(NC(C)C)s2)c1. The molecule has 0 saturated carbocycles. The number of anilines is 1. The molecule has 23 heavy (non-hydrogen) atoms. The van der Waals surface area contributed by atoms with Crippen molar-refractivity contribution in [2.45, 2.75) is 30.8 Å². The van der Waals surface area contributed by atoms with Crippen molar-refractivity contribution in [2.75, 3.05) is 18.2 Å². The summed E-state index contributed by atoms with van der Waals surface area (Å²) in [5.74, 6) is 1.07. The second-order valence-electron chi connectivity index (χ2n) is 5.09. The van der Waals surface area contributed by atoms with Crippen LogP contribution in [0.1, 0.15) is 19.4 Å². The van der Waals surface area contributed by atoms with Crippen LogP contribution in [0.3, 0.4) is 0 Å². The number of nitrogens with zero attached hydrogens (tertiary/aromatic N) is 2. The van der Waals surface area contributed by atoms with Gasteiger partial charge in [-0.3, -0.25) is 4.79 Å². The predicted molar refractivity (Wildman–Crippen MR) is 94.2 cm³/mol. The van der Waals surface area contributed by atoms with Crippen LogP contribution in [0.15, 0.2) is 28.6 Å². The highest BCUT2D eigenvalue weighted by Gasteiger charge is 2.09. The van der Waals surface area contributed by atoms with Crippen LogP contribution < -0.4 is 15.4 Å². The lowest BCUT2D eigenvalue weighted by molar-refractivity contribution is -0.118. The zero-order chi connectivity index (χ0) is 16.7. The summed E-state index contributed by atoms with van der Waals surface area (Å²) in [7, 11) is 1.62. The third kappa shape index (κ3) is 6.07. The van der Waals surface area contributed by atoms with Crippen molar-refractivity contribution in [3.8, 4) is 5.75 Å². The summed E-state index contributed by atoms with van der Waals surface area (Å²) in [5.41, 5.74) is 1.00. The van der Waals surface area contributed by atoms with E-state index in [1.807, 2.05) is 38.1 Å². The minimum Gasteiger partial charge on any atom is -0.497 e. The smallest absolute Gasteiger partial charge is 0.230 e. The Morgan fingerprint density at radius 3 is 2.96 bits per heavy atom. The molecule has 2 N–H and O–H groups in total. The Balaban J connectivity index is 1.75. The number of hydrogen-bond donors (Lipinski definition) is 2. The molecule has 1 amide bonds. The van der Waals surface area contributed by atoms with Gasteiger partial charge >= 0.3 is 0 Å². The van der Waals surface area contributed by atoms with Crippen LogP contribution in [-0.2, 0) is 11.3 Å². The Kier molecular flexibility index (Phi) is 6.66. The molecule has 0 atom stereocenters. The third-order valence-electron chi connectivity index (χ3n) is 2.77. The molecule has 0 aliphatic heterocycles. The summed E-state index contributed by atoms with van der Waals surface area (Å²) < 4.78 is 5.94. The summed E-state index contributed by atoms with van der Waals surface area (Å²) >= 11 is 2.84. The summed E-state index contributed by atoms with van der Waals surface area (Å²) in [6, 6.07) is 7.94. The molecule has 1 aromatic heterocycles. The van der Waals surface area contributed by atoms with Crippen LogP contribution in [0.4, 0.5) is 5.13 Å². The summed E-state index contributed by atoms with van der Waals surface area (Å²) in [5, 5.41) is 14.9. The lowest BCUT2D eigenvalue weighted by atomic mass is 10.2. The van der Waals surface area contributed by atoms with Gasteiger partial charge in [-0.25, -0.2) is 0 Å². The number of rotatable bonds is 8. The predicted octanol–water partition coefficient (Wildman–Crippen LogP) is 2.78. The normalized spacial score (nSPS) is 10.6. The molecule has 0 aliphatic rings. The van der Waals surface area contributed by atoms with Gasteiger partial charge in [-0.2, -0.15) is 0 Å². The largest absolute Gasteiger partial charge is 0.497 e. The fraction of sp³-hybridized carbons (Fsp3) is 0.400. The molecule has 8 heteroatoms. The quantitative estimate of drug-likeness (QED) is 0.712. The lowest BCUT2D eigenvalue weighted by Crippen LogP contribution is -2.24. The zero-order valence-corrected chi connectivity index (χ0v) is 15.0. The van der Waals surface area contributed by atoms with Crippen LogP contribution in [0, 0.1) is 0 Å². The maximum atomic E-state index is 11.9. The van der Waals surface area contributed by atoms with E-state index in [0.29, 0.717) is 18.3 Å². The fourth-order valence-corrected chi connectivity index (χ4v) is 3.46. The molecule has 2 aromatic rings. The van der Waals surface area contributed by atoms with Gasteiger partial charge in [0, 0.05) is 12.6 Å².